The number of fused-ring (bicyclic) bond motifs is 1. The first-order valence-corrected chi connectivity index (χ1v) is 8.69. The van der Waals surface area contributed by atoms with Crippen LogP contribution in [0, 0.1) is 5.41 Å². The number of aliphatic carboxylic acids is 1. The summed E-state index contributed by atoms with van der Waals surface area (Å²) in [6.07, 6.45) is 1.05. The van der Waals surface area contributed by atoms with Crippen LogP contribution in [0.4, 0.5) is 10.5 Å². The second kappa shape index (κ2) is 7.23. The maximum Gasteiger partial charge on any atom is 0.317 e. The number of urea groups is 1. The van der Waals surface area contributed by atoms with Crippen LogP contribution in [-0.2, 0) is 9.59 Å². The molecule has 8 heteroatoms. The van der Waals surface area contributed by atoms with Gasteiger partial charge in [0.05, 0.1) is 11.1 Å². The van der Waals surface area contributed by atoms with Crippen LogP contribution in [0.25, 0.3) is 0 Å². The highest BCUT2D eigenvalue weighted by Gasteiger charge is 2.42. The molecule has 2 N–H and O–H groups in total. The van der Waals surface area contributed by atoms with Crippen molar-refractivity contribution in [3.63, 3.8) is 0 Å². The van der Waals surface area contributed by atoms with Gasteiger partial charge in [-0.05, 0) is 31.9 Å². The van der Waals surface area contributed by atoms with Gasteiger partial charge in [-0.1, -0.05) is 12.1 Å². The maximum absolute atomic E-state index is 12.2. The highest BCUT2D eigenvalue weighted by molar-refractivity contribution is 5.97. The quantitative estimate of drug-likeness (QED) is 0.771. The molecule has 0 bridgehead atoms. The summed E-state index contributed by atoms with van der Waals surface area (Å²) in [4.78, 5) is 38.7. The first-order chi connectivity index (χ1) is 12.4. The molecule has 1 fully saturated rings. The molecule has 0 spiro atoms. The largest absolute Gasteiger partial charge is 0.482 e. The van der Waals surface area contributed by atoms with Gasteiger partial charge in [0.25, 0.3) is 5.91 Å². The monoisotopic (exact) mass is 361 g/mol. The van der Waals surface area contributed by atoms with Crippen molar-refractivity contribution in [3.05, 3.63) is 24.3 Å². The molecule has 1 atom stereocenters. The van der Waals surface area contributed by atoms with E-state index in [1.54, 1.807) is 11.8 Å². The van der Waals surface area contributed by atoms with E-state index in [1.165, 1.54) is 4.90 Å². The molecule has 1 aromatic rings. The number of nitrogens with one attached hydrogen (secondary N) is 1. The number of carbonyl (C=O) groups is 3. The zero-order valence-corrected chi connectivity index (χ0v) is 14.7. The number of carboxylic acid groups (broad SMARTS) is 1. The van der Waals surface area contributed by atoms with Gasteiger partial charge in [-0.15, -0.1) is 0 Å². The van der Waals surface area contributed by atoms with Crippen molar-refractivity contribution >= 4 is 23.6 Å². The molecule has 0 aliphatic carbocycles. The molecule has 2 aliphatic rings. The molecule has 0 saturated carbocycles. The lowest BCUT2D eigenvalue weighted by Gasteiger charge is -2.29. The molecular formula is C18H23N3O5. The first kappa shape index (κ1) is 18.0. The van der Waals surface area contributed by atoms with Gasteiger partial charge >= 0.3 is 12.0 Å². The van der Waals surface area contributed by atoms with E-state index in [0.29, 0.717) is 38.2 Å². The number of para-hydroxylation sites is 2. The second-order valence-corrected chi connectivity index (χ2v) is 6.92. The lowest BCUT2D eigenvalue weighted by atomic mass is 9.90. The molecule has 1 aromatic carbocycles. The Labute approximate surface area is 151 Å². The predicted octanol–water partition coefficient (Wildman–Crippen LogP) is 1.31. The van der Waals surface area contributed by atoms with Crippen LogP contribution in [0.5, 0.6) is 5.75 Å². The Kier molecular flexibility index (Phi) is 5.01. The highest BCUT2D eigenvalue weighted by Crippen LogP contribution is 2.31. The topological polar surface area (TPSA) is 99.2 Å². The van der Waals surface area contributed by atoms with E-state index in [9.17, 15) is 19.5 Å². The third kappa shape index (κ3) is 3.58. The average molecular weight is 361 g/mol. The summed E-state index contributed by atoms with van der Waals surface area (Å²) in [5, 5.41) is 12.0. The number of carboxylic acids is 1. The predicted molar refractivity (Wildman–Crippen MR) is 94.2 cm³/mol. The Morgan fingerprint density at radius 2 is 2.12 bits per heavy atom. The van der Waals surface area contributed by atoms with Gasteiger partial charge in [0.15, 0.2) is 6.61 Å². The molecule has 1 saturated heterocycles. The van der Waals surface area contributed by atoms with E-state index in [4.69, 9.17) is 4.74 Å². The molecular weight excluding hydrogens is 338 g/mol. The van der Waals surface area contributed by atoms with Crippen molar-refractivity contribution in [3.8, 4) is 5.75 Å². The van der Waals surface area contributed by atoms with Crippen molar-refractivity contribution < 1.29 is 24.2 Å². The molecule has 2 heterocycles. The summed E-state index contributed by atoms with van der Waals surface area (Å²) < 4.78 is 5.40. The summed E-state index contributed by atoms with van der Waals surface area (Å²) >= 11 is 0. The van der Waals surface area contributed by atoms with Crippen molar-refractivity contribution in [2.24, 2.45) is 5.41 Å². The van der Waals surface area contributed by atoms with Gasteiger partial charge in [-0.25, -0.2) is 4.79 Å². The Hall–Kier alpha value is -2.77. The van der Waals surface area contributed by atoms with Crippen LogP contribution < -0.4 is 15.0 Å². The number of likely N-dealkylation sites (tertiary alicyclic amines) is 1. The van der Waals surface area contributed by atoms with E-state index in [2.05, 4.69) is 5.32 Å². The number of rotatable bonds is 5. The fourth-order valence-corrected chi connectivity index (χ4v) is 3.25. The minimum absolute atomic E-state index is 0.0188. The summed E-state index contributed by atoms with van der Waals surface area (Å²) in [7, 11) is 0. The summed E-state index contributed by atoms with van der Waals surface area (Å²) in [6, 6.07) is 7.10. The van der Waals surface area contributed by atoms with E-state index >= 15 is 0 Å². The number of hydrogen-bond acceptors (Lipinski definition) is 4. The number of carbonyl (C=O) groups excluding carboxylic acids is 2. The molecule has 2 aliphatic heterocycles. The molecule has 3 amide bonds. The van der Waals surface area contributed by atoms with Gasteiger partial charge in [0.1, 0.15) is 5.75 Å². The summed E-state index contributed by atoms with van der Waals surface area (Å²) in [6.45, 7) is 3.21. The average Bonchev–Trinajstić information content (AvgIpc) is 3.04. The van der Waals surface area contributed by atoms with Crippen molar-refractivity contribution in [1.29, 1.82) is 0 Å². The van der Waals surface area contributed by atoms with E-state index < -0.39 is 11.4 Å². The zero-order valence-electron chi connectivity index (χ0n) is 14.7. The number of nitrogens with zero attached hydrogens (tertiary/aromatic N) is 2. The molecule has 0 aromatic heterocycles. The number of hydrogen-bond donors (Lipinski definition) is 2. The minimum atomic E-state index is -0.878. The van der Waals surface area contributed by atoms with Crippen LogP contribution in [0.15, 0.2) is 24.3 Å². The molecule has 3 rings (SSSR count). The molecule has 26 heavy (non-hydrogen) atoms. The lowest BCUT2D eigenvalue weighted by molar-refractivity contribution is -0.147. The Morgan fingerprint density at radius 1 is 1.35 bits per heavy atom. The van der Waals surface area contributed by atoms with Gasteiger partial charge in [-0.2, -0.15) is 0 Å². The van der Waals surface area contributed by atoms with E-state index in [0.717, 1.165) is 5.69 Å². The molecule has 0 radical (unpaired) electrons. The van der Waals surface area contributed by atoms with Gasteiger partial charge in [0.2, 0.25) is 0 Å². The number of ether oxygens (including phenoxy) is 1. The summed E-state index contributed by atoms with van der Waals surface area (Å²) in [5.74, 6) is -0.301. The van der Waals surface area contributed by atoms with Crippen LogP contribution in [0.3, 0.4) is 0 Å². The van der Waals surface area contributed by atoms with Crippen LogP contribution in [0.2, 0.25) is 0 Å². The third-order valence-corrected chi connectivity index (χ3v) is 4.92. The highest BCUT2D eigenvalue weighted by atomic mass is 16.5. The smallest absolute Gasteiger partial charge is 0.317 e. The Balaban J connectivity index is 1.47. The normalized spacial score (nSPS) is 22.0. The van der Waals surface area contributed by atoms with Crippen LogP contribution >= 0.6 is 0 Å². The third-order valence-electron chi connectivity index (χ3n) is 4.92. The molecule has 140 valence electrons. The number of benzene rings is 1. The SMILES string of the molecule is CC1(C(=O)O)CCN(C(=O)NCCCN2C(=O)COc3ccccc32)C1. The van der Waals surface area contributed by atoms with Gasteiger partial charge in [-0.3, -0.25) is 9.59 Å². The molecule has 8 nitrogen and oxygen atoms in total. The van der Waals surface area contributed by atoms with Crippen LogP contribution in [-0.4, -0.2) is 60.7 Å². The fourth-order valence-electron chi connectivity index (χ4n) is 3.25. The fraction of sp³-hybridized carbons (Fsp3) is 0.500. The number of amides is 3. The van der Waals surface area contributed by atoms with Crippen LogP contribution in [0.1, 0.15) is 19.8 Å². The minimum Gasteiger partial charge on any atom is -0.482 e. The Morgan fingerprint density at radius 3 is 2.85 bits per heavy atom. The lowest BCUT2D eigenvalue weighted by Crippen LogP contribution is -2.43. The first-order valence-electron chi connectivity index (χ1n) is 8.69. The van der Waals surface area contributed by atoms with Crippen molar-refractivity contribution in [1.82, 2.24) is 10.2 Å². The maximum atomic E-state index is 12.2. The van der Waals surface area contributed by atoms with E-state index in [1.807, 2.05) is 24.3 Å². The zero-order chi connectivity index (χ0) is 18.7. The second-order valence-electron chi connectivity index (χ2n) is 6.92. The van der Waals surface area contributed by atoms with Gasteiger partial charge < -0.3 is 25.0 Å². The van der Waals surface area contributed by atoms with Crippen molar-refractivity contribution in [2.75, 3.05) is 37.7 Å². The number of anilines is 1. The van der Waals surface area contributed by atoms with E-state index in [-0.39, 0.29) is 25.1 Å². The van der Waals surface area contributed by atoms with Crippen molar-refractivity contribution in [2.45, 2.75) is 19.8 Å². The van der Waals surface area contributed by atoms with Gasteiger partial charge in [0, 0.05) is 26.2 Å². The molecule has 1 unspecified atom stereocenters. The standard InChI is InChI=1S/C18H23N3O5/c1-18(16(23)24)7-10-20(12-18)17(25)19-8-4-9-21-13-5-2-3-6-14(13)26-11-15(21)22/h2-3,5-6H,4,7-12H2,1H3,(H,19,25)(H,23,24). The Bertz CT molecular complexity index is 723. The summed E-state index contributed by atoms with van der Waals surface area (Å²) in [5.41, 5.74) is -0.131.